The molecule has 3 atom stereocenters. The number of carbonyl (C=O) groups excluding carboxylic acids is 3. The number of aldehydes is 1. The van der Waals surface area contributed by atoms with Crippen LogP contribution in [-0.4, -0.2) is 35.6 Å². The Morgan fingerprint density at radius 1 is 1.04 bits per heavy atom. The highest BCUT2D eigenvalue weighted by atomic mass is 19.4. The summed E-state index contributed by atoms with van der Waals surface area (Å²) >= 11 is 0. The topological polar surface area (TPSA) is 66.5 Å². The number of amides is 2. The molecule has 0 spiro atoms. The Morgan fingerprint density at radius 3 is 2.33 bits per heavy atom. The summed E-state index contributed by atoms with van der Waals surface area (Å²) in [7, 11) is 0. The van der Waals surface area contributed by atoms with Crippen LogP contribution in [0.1, 0.15) is 37.7 Å². The molecule has 0 bridgehead atoms. The van der Waals surface area contributed by atoms with E-state index in [0.717, 1.165) is 31.3 Å². The zero-order valence-corrected chi connectivity index (χ0v) is 14.7. The summed E-state index contributed by atoms with van der Waals surface area (Å²) in [5.41, 5.74) is -0.526. The second-order valence-corrected chi connectivity index (χ2v) is 7.09. The highest BCUT2D eigenvalue weighted by Gasteiger charge is 2.42. The fraction of sp³-hybridized carbons (Fsp3) is 0.526. The fourth-order valence-electron chi connectivity index (χ4n) is 3.97. The summed E-state index contributed by atoms with van der Waals surface area (Å²) in [5.74, 6) is -1.56. The molecular formula is C19H21F3N2O3. The van der Waals surface area contributed by atoms with Gasteiger partial charge in [0.2, 0.25) is 11.8 Å². The van der Waals surface area contributed by atoms with Crippen molar-refractivity contribution >= 4 is 23.8 Å². The van der Waals surface area contributed by atoms with Crippen LogP contribution in [0.3, 0.4) is 0 Å². The molecule has 1 aromatic carbocycles. The first-order chi connectivity index (χ1) is 12.8. The van der Waals surface area contributed by atoms with Gasteiger partial charge >= 0.3 is 6.18 Å². The number of anilines is 1. The Hall–Kier alpha value is -2.38. The highest BCUT2D eigenvalue weighted by Crippen LogP contribution is 2.36. The Labute approximate surface area is 154 Å². The van der Waals surface area contributed by atoms with Gasteiger partial charge in [0.1, 0.15) is 6.29 Å². The molecule has 1 saturated heterocycles. The molecule has 146 valence electrons. The molecule has 27 heavy (non-hydrogen) atoms. The number of rotatable bonds is 4. The summed E-state index contributed by atoms with van der Waals surface area (Å²) in [4.78, 5) is 38.1. The molecule has 1 saturated carbocycles. The van der Waals surface area contributed by atoms with Crippen molar-refractivity contribution < 1.29 is 27.6 Å². The van der Waals surface area contributed by atoms with Crippen LogP contribution in [0.15, 0.2) is 24.3 Å². The van der Waals surface area contributed by atoms with Gasteiger partial charge in [0, 0.05) is 24.1 Å². The van der Waals surface area contributed by atoms with Gasteiger partial charge in [-0.05, 0) is 49.9 Å². The molecule has 1 aliphatic carbocycles. The lowest BCUT2D eigenvalue weighted by Gasteiger charge is -2.27. The van der Waals surface area contributed by atoms with E-state index in [0.29, 0.717) is 25.8 Å². The van der Waals surface area contributed by atoms with Gasteiger partial charge in [0.05, 0.1) is 11.6 Å². The lowest BCUT2D eigenvalue weighted by Crippen LogP contribution is -2.43. The molecule has 1 aromatic rings. The van der Waals surface area contributed by atoms with E-state index in [9.17, 15) is 27.6 Å². The van der Waals surface area contributed by atoms with Crippen molar-refractivity contribution in [2.75, 3.05) is 11.9 Å². The maximum absolute atomic E-state index is 12.8. The predicted molar refractivity (Wildman–Crippen MR) is 91.7 cm³/mol. The van der Waals surface area contributed by atoms with Crippen molar-refractivity contribution in [3.63, 3.8) is 0 Å². The Bertz CT molecular complexity index is 718. The smallest absolute Gasteiger partial charge is 0.333 e. The number of hydrogen-bond donors (Lipinski definition) is 1. The minimum atomic E-state index is -4.43. The maximum atomic E-state index is 12.8. The summed E-state index contributed by atoms with van der Waals surface area (Å²) < 4.78 is 37.9. The lowest BCUT2D eigenvalue weighted by molar-refractivity contribution is -0.141. The zero-order chi connectivity index (χ0) is 19.6. The number of nitrogens with one attached hydrogen (secondary N) is 1. The zero-order valence-electron chi connectivity index (χ0n) is 14.7. The van der Waals surface area contributed by atoms with E-state index in [1.165, 1.54) is 12.1 Å². The van der Waals surface area contributed by atoms with Crippen LogP contribution >= 0.6 is 0 Å². The highest BCUT2D eigenvalue weighted by molar-refractivity contribution is 5.96. The number of alkyl halides is 3. The Kier molecular flexibility index (Phi) is 5.53. The van der Waals surface area contributed by atoms with E-state index >= 15 is 0 Å². The van der Waals surface area contributed by atoms with E-state index in [1.54, 1.807) is 4.90 Å². The molecule has 2 aliphatic rings. The minimum absolute atomic E-state index is 0.172. The van der Waals surface area contributed by atoms with Gasteiger partial charge in [0.15, 0.2) is 0 Å². The van der Waals surface area contributed by atoms with Crippen molar-refractivity contribution in [1.82, 2.24) is 4.90 Å². The molecular weight excluding hydrogens is 361 g/mol. The van der Waals surface area contributed by atoms with Gasteiger partial charge in [-0.2, -0.15) is 13.2 Å². The summed E-state index contributed by atoms with van der Waals surface area (Å²) in [5, 5.41) is 2.62. The van der Waals surface area contributed by atoms with E-state index in [4.69, 9.17) is 0 Å². The van der Waals surface area contributed by atoms with Crippen LogP contribution in [0.2, 0.25) is 0 Å². The standard InChI is InChI=1S/C19H21F3N2O3/c20-19(21,22)12-6-8-13(9-7-12)23-17(26)15-4-1-5-16(15)18(27)24-10-2-3-14(24)11-25/h6-9,11,14-16H,1-5,10H2,(H,23,26)/t14-,15+,16?/m0/s1. The van der Waals surface area contributed by atoms with Crippen molar-refractivity contribution in [2.24, 2.45) is 11.8 Å². The van der Waals surface area contributed by atoms with Crippen LogP contribution in [0.25, 0.3) is 0 Å². The Morgan fingerprint density at radius 2 is 1.70 bits per heavy atom. The molecule has 1 unspecified atom stereocenters. The molecule has 8 heteroatoms. The summed E-state index contributed by atoms with van der Waals surface area (Å²) in [6, 6.07) is 3.80. The van der Waals surface area contributed by atoms with Gasteiger partial charge in [-0.25, -0.2) is 0 Å². The van der Waals surface area contributed by atoms with Crippen LogP contribution < -0.4 is 5.32 Å². The average molecular weight is 382 g/mol. The minimum Gasteiger partial charge on any atom is -0.333 e. The molecule has 0 radical (unpaired) electrons. The maximum Gasteiger partial charge on any atom is 0.416 e. The molecule has 0 aromatic heterocycles. The second kappa shape index (κ2) is 7.70. The number of benzene rings is 1. The summed E-state index contributed by atoms with van der Waals surface area (Å²) in [6.07, 6.45) is -0.405. The van der Waals surface area contributed by atoms with E-state index < -0.39 is 29.6 Å². The molecule has 5 nitrogen and oxygen atoms in total. The molecule has 1 N–H and O–H groups in total. The van der Waals surface area contributed by atoms with E-state index in [-0.39, 0.29) is 17.5 Å². The van der Waals surface area contributed by atoms with Crippen molar-refractivity contribution in [3.05, 3.63) is 29.8 Å². The third-order valence-corrected chi connectivity index (χ3v) is 5.39. The lowest BCUT2D eigenvalue weighted by atomic mass is 9.93. The number of halogens is 3. The largest absolute Gasteiger partial charge is 0.416 e. The first-order valence-corrected chi connectivity index (χ1v) is 9.05. The first kappa shape index (κ1) is 19.4. The molecule has 3 rings (SSSR count). The van der Waals surface area contributed by atoms with Crippen molar-refractivity contribution in [3.8, 4) is 0 Å². The van der Waals surface area contributed by atoms with E-state index in [2.05, 4.69) is 5.32 Å². The van der Waals surface area contributed by atoms with Gasteiger partial charge in [-0.3, -0.25) is 9.59 Å². The van der Waals surface area contributed by atoms with E-state index in [1.807, 2.05) is 0 Å². The molecule has 2 amide bonds. The number of carbonyl (C=O) groups is 3. The van der Waals surface area contributed by atoms with Gasteiger partial charge in [-0.1, -0.05) is 6.42 Å². The van der Waals surface area contributed by atoms with Crippen LogP contribution in [0.4, 0.5) is 18.9 Å². The normalized spacial score (nSPS) is 25.4. The third-order valence-electron chi connectivity index (χ3n) is 5.39. The van der Waals surface area contributed by atoms with Gasteiger partial charge in [0.25, 0.3) is 0 Å². The Balaban J connectivity index is 1.67. The monoisotopic (exact) mass is 382 g/mol. The SMILES string of the molecule is O=C[C@@H]1CCCN1C(=O)C1CCC[C@H]1C(=O)Nc1ccc(C(F)(F)F)cc1. The van der Waals surface area contributed by atoms with Gasteiger partial charge in [-0.15, -0.1) is 0 Å². The van der Waals surface area contributed by atoms with Crippen molar-refractivity contribution in [2.45, 2.75) is 44.3 Å². The van der Waals surface area contributed by atoms with Crippen LogP contribution in [0, 0.1) is 11.8 Å². The van der Waals surface area contributed by atoms with Crippen LogP contribution in [0.5, 0.6) is 0 Å². The van der Waals surface area contributed by atoms with Crippen molar-refractivity contribution in [1.29, 1.82) is 0 Å². The number of likely N-dealkylation sites (tertiary alicyclic amines) is 1. The predicted octanol–water partition coefficient (Wildman–Crippen LogP) is 3.25. The number of nitrogens with zero attached hydrogens (tertiary/aromatic N) is 1. The third kappa shape index (κ3) is 4.14. The summed E-state index contributed by atoms with van der Waals surface area (Å²) in [6.45, 7) is 0.520. The quantitative estimate of drug-likeness (QED) is 0.813. The van der Waals surface area contributed by atoms with Crippen LogP contribution in [-0.2, 0) is 20.6 Å². The fourth-order valence-corrected chi connectivity index (χ4v) is 3.97. The first-order valence-electron chi connectivity index (χ1n) is 9.05. The average Bonchev–Trinajstić information content (AvgIpc) is 3.30. The molecule has 1 heterocycles. The van der Waals surface area contributed by atoms with Gasteiger partial charge < -0.3 is 15.0 Å². The number of hydrogen-bond acceptors (Lipinski definition) is 3. The molecule has 2 fully saturated rings. The second-order valence-electron chi connectivity index (χ2n) is 7.09. The molecule has 1 aliphatic heterocycles.